The van der Waals surface area contributed by atoms with Crippen molar-refractivity contribution < 1.29 is 19.0 Å². The van der Waals surface area contributed by atoms with E-state index in [2.05, 4.69) is 59.1 Å². The molecule has 1 saturated heterocycles. The van der Waals surface area contributed by atoms with Crippen LogP contribution in [0.2, 0.25) is 0 Å². The number of alkyl halides is 1. The maximum Gasteiger partial charge on any atom is 0.258 e. The molecule has 1 fully saturated rings. The first-order valence-corrected chi connectivity index (χ1v) is 17.0. The Hall–Kier alpha value is -3.89. The fourth-order valence-corrected chi connectivity index (χ4v) is 6.57. The van der Waals surface area contributed by atoms with Crippen LogP contribution >= 0.6 is 0 Å². The molecule has 4 bridgehead atoms. The third kappa shape index (κ3) is 8.34. The molecule has 9 nitrogen and oxygen atoms in total. The van der Waals surface area contributed by atoms with Gasteiger partial charge in [-0.3, -0.25) is 9.69 Å². The lowest BCUT2D eigenvalue weighted by atomic mass is 9.94. The van der Waals surface area contributed by atoms with Crippen LogP contribution in [0.15, 0.2) is 82.6 Å². The maximum atomic E-state index is 14.6. The molecule has 3 N–H and O–H groups in total. The van der Waals surface area contributed by atoms with E-state index in [1.54, 1.807) is 0 Å². The van der Waals surface area contributed by atoms with Crippen molar-refractivity contribution in [3.8, 4) is 0 Å². The van der Waals surface area contributed by atoms with E-state index in [1.165, 1.54) is 0 Å². The largest absolute Gasteiger partial charge is 0.479 e. The third-order valence-corrected chi connectivity index (χ3v) is 9.45. The molecule has 1 aromatic rings. The van der Waals surface area contributed by atoms with Crippen LogP contribution in [0.4, 0.5) is 15.8 Å². The highest BCUT2D eigenvalue weighted by molar-refractivity contribution is 6.10. The molecule has 0 radical (unpaired) electrons. The fraction of sp³-hybridized carbons (Fsp3) is 0.514. The molecule has 0 spiro atoms. The van der Waals surface area contributed by atoms with E-state index in [9.17, 15) is 14.3 Å². The number of allylic oxidation sites excluding steroid dienone is 2. The number of halogens is 1. The molecule has 0 aromatic heterocycles. The average Bonchev–Trinajstić information content (AvgIpc) is 3.06. The Morgan fingerprint density at radius 1 is 1.30 bits per heavy atom. The van der Waals surface area contributed by atoms with Crippen molar-refractivity contribution >= 4 is 23.1 Å². The summed E-state index contributed by atoms with van der Waals surface area (Å²) in [6.45, 7) is 14.1. The summed E-state index contributed by atoms with van der Waals surface area (Å²) < 4.78 is 20.8. The number of amides is 1. The molecule has 4 aliphatic rings. The van der Waals surface area contributed by atoms with Crippen LogP contribution in [0.5, 0.6) is 0 Å². The second-order valence-corrected chi connectivity index (χ2v) is 13.3. The van der Waals surface area contributed by atoms with Gasteiger partial charge in [0.25, 0.3) is 5.91 Å². The quantitative estimate of drug-likeness (QED) is 0.345. The number of rotatable bonds is 7. The van der Waals surface area contributed by atoms with Crippen molar-refractivity contribution in [2.45, 2.75) is 71.5 Å². The predicted molar refractivity (Wildman–Crippen MR) is 187 cm³/mol. The van der Waals surface area contributed by atoms with Gasteiger partial charge in [0.1, 0.15) is 11.5 Å². The molecule has 5 rings (SSSR count). The van der Waals surface area contributed by atoms with Crippen molar-refractivity contribution in [2.24, 2.45) is 10.9 Å². The van der Waals surface area contributed by atoms with E-state index >= 15 is 0 Å². The van der Waals surface area contributed by atoms with Gasteiger partial charge < -0.3 is 30.3 Å². The van der Waals surface area contributed by atoms with Gasteiger partial charge in [0, 0.05) is 62.5 Å². The third-order valence-electron chi connectivity index (χ3n) is 9.45. The van der Waals surface area contributed by atoms with E-state index in [0.29, 0.717) is 68.8 Å². The van der Waals surface area contributed by atoms with Gasteiger partial charge in [-0.1, -0.05) is 39.0 Å². The summed E-state index contributed by atoms with van der Waals surface area (Å²) in [7, 11) is 1.85. The maximum absolute atomic E-state index is 14.6. The van der Waals surface area contributed by atoms with E-state index < -0.39 is 12.3 Å². The van der Waals surface area contributed by atoms with Crippen LogP contribution in [0.1, 0.15) is 64.9 Å². The zero-order chi connectivity index (χ0) is 33.6. The molecule has 4 aliphatic heterocycles. The van der Waals surface area contributed by atoms with Crippen molar-refractivity contribution in [3.63, 3.8) is 0 Å². The summed E-state index contributed by atoms with van der Waals surface area (Å²) in [6.07, 6.45) is 12.3. The molecule has 0 saturated carbocycles. The number of aliphatic imine (C=N–C) groups is 1. The van der Waals surface area contributed by atoms with E-state index in [0.717, 1.165) is 66.0 Å². The highest BCUT2D eigenvalue weighted by atomic mass is 19.1. The first kappa shape index (κ1) is 34.4. The highest BCUT2D eigenvalue weighted by Gasteiger charge is 2.34. The Labute approximate surface area is 279 Å². The number of aliphatic hydroxyl groups excluding tert-OH is 1. The smallest absolute Gasteiger partial charge is 0.258 e. The van der Waals surface area contributed by atoms with Gasteiger partial charge in [-0.2, -0.15) is 0 Å². The number of nitrogens with one attached hydrogen (secondary N) is 2. The summed E-state index contributed by atoms with van der Waals surface area (Å²) in [5.74, 6) is 1.41. The summed E-state index contributed by atoms with van der Waals surface area (Å²) >= 11 is 0. The topological polar surface area (TPSA) is 92.7 Å². The number of likely N-dealkylation sites (tertiary alicyclic amines) is 1. The Bertz CT molecular complexity index is 1490. The number of benzene rings is 1. The van der Waals surface area contributed by atoms with Crippen LogP contribution in [0.25, 0.3) is 0 Å². The van der Waals surface area contributed by atoms with E-state index in [1.807, 2.05) is 43.4 Å². The number of piperidine rings is 1. The van der Waals surface area contributed by atoms with Crippen molar-refractivity contribution in [1.82, 2.24) is 20.4 Å². The molecule has 0 aliphatic carbocycles. The van der Waals surface area contributed by atoms with Gasteiger partial charge >= 0.3 is 0 Å². The first-order valence-electron chi connectivity index (χ1n) is 17.0. The number of amidine groups is 1. The SMILES string of the molecule is C=C1C2=CC(=CN1/C=C\CCC)C(=O)NC1=Nc3ccc(CN4CCC(F)(CO)CC4)cc3N(C1)CC(C)CCCOC(NC)=C2C. The number of carbonyl (C=O) groups is 1. The molecular formula is C37H51FN6O3. The molecule has 1 amide bonds. The molecule has 4 heterocycles. The second kappa shape index (κ2) is 15.3. The van der Waals surface area contributed by atoms with Gasteiger partial charge in [-0.15, -0.1) is 0 Å². The van der Waals surface area contributed by atoms with Crippen molar-refractivity contribution in [3.05, 3.63) is 83.2 Å². The summed E-state index contributed by atoms with van der Waals surface area (Å²) in [6, 6.07) is 6.28. The predicted octanol–water partition coefficient (Wildman–Crippen LogP) is 5.80. The van der Waals surface area contributed by atoms with E-state index in [-0.39, 0.29) is 5.91 Å². The molecule has 1 aromatic carbocycles. The number of hydrogen-bond acceptors (Lipinski definition) is 8. The normalized spacial score (nSPS) is 22.7. The minimum absolute atomic E-state index is 0.237. The lowest BCUT2D eigenvalue weighted by Gasteiger charge is -2.36. The minimum Gasteiger partial charge on any atom is -0.479 e. The molecule has 47 heavy (non-hydrogen) atoms. The molecule has 1 atom stereocenters. The summed E-state index contributed by atoms with van der Waals surface area (Å²) in [5, 5.41) is 15.8. The van der Waals surface area contributed by atoms with Crippen LogP contribution < -0.4 is 15.5 Å². The number of unbranched alkanes of at least 4 members (excludes halogenated alkanes) is 1. The number of hydrogen-bond donors (Lipinski definition) is 3. The summed E-state index contributed by atoms with van der Waals surface area (Å²) in [5.41, 5.74) is 4.51. The molecular weight excluding hydrogens is 595 g/mol. The highest BCUT2D eigenvalue weighted by Crippen LogP contribution is 2.36. The van der Waals surface area contributed by atoms with Crippen LogP contribution in [-0.4, -0.2) is 78.8 Å². The number of ether oxygens (including phenoxy) is 1. The van der Waals surface area contributed by atoms with Gasteiger partial charge in [-0.05, 0) is 68.7 Å². The lowest BCUT2D eigenvalue weighted by molar-refractivity contribution is -0.115. The zero-order valence-electron chi connectivity index (χ0n) is 28.4. The van der Waals surface area contributed by atoms with Crippen molar-refractivity contribution in [2.75, 3.05) is 51.3 Å². The second-order valence-electron chi connectivity index (χ2n) is 13.3. The van der Waals surface area contributed by atoms with Gasteiger partial charge in [0.05, 0.1) is 36.7 Å². The van der Waals surface area contributed by atoms with Crippen LogP contribution in [0.3, 0.4) is 0 Å². The number of fused-ring (bicyclic) bond motifs is 5. The van der Waals surface area contributed by atoms with Crippen LogP contribution in [0, 0.1) is 5.92 Å². The molecule has 254 valence electrons. The number of carbonyl (C=O) groups excluding carboxylic acids is 1. The van der Waals surface area contributed by atoms with Gasteiger partial charge in [0.2, 0.25) is 0 Å². The number of nitrogens with zero attached hydrogens (tertiary/aromatic N) is 4. The fourth-order valence-electron chi connectivity index (χ4n) is 6.57. The molecule has 10 heteroatoms. The number of anilines is 1. The first-order chi connectivity index (χ1) is 22.6. The standard InChI is InChI=1S/C37H51FN6O3/c1-6-7-8-15-43-23-30-20-31(28(43)4)27(3)36(39-5)47-18-9-10-26(2)21-44-24-34(41-35(30)46)40-32-12-11-29(19-33(32)44)22-42-16-13-37(38,25-45)14-17-42/h8,11-12,15,19-20,23,26,39,45H,4,6-7,9-10,13-14,16-18,21-22,24-25H2,1-3,5H3,(H,40,41,46)/b15-8-,36-27?. The minimum atomic E-state index is -1.47. The Morgan fingerprint density at radius 2 is 2.09 bits per heavy atom. The summed E-state index contributed by atoms with van der Waals surface area (Å²) in [4.78, 5) is 25.3. The Morgan fingerprint density at radius 3 is 2.81 bits per heavy atom. The molecule has 1 unspecified atom stereocenters. The Balaban J connectivity index is 1.45. The van der Waals surface area contributed by atoms with Gasteiger partial charge in [-0.25, -0.2) is 9.38 Å². The zero-order valence-corrected chi connectivity index (χ0v) is 28.4. The monoisotopic (exact) mass is 646 g/mol. The number of aliphatic hydroxyl groups is 1. The van der Waals surface area contributed by atoms with E-state index in [4.69, 9.17) is 9.73 Å². The van der Waals surface area contributed by atoms with Gasteiger partial charge in [0.15, 0.2) is 5.88 Å². The van der Waals surface area contributed by atoms with Crippen LogP contribution in [-0.2, 0) is 16.1 Å². The lowest BCUT2D eigenvalue weighted by Crippen LogP contribution is -2.44. The Kier molecular flexibility index (Phi) is 11.2. The van der Waals surface area contributed by atoms with Crippen molar-refractivity contribution in [1.29, 1.82) is 0 Å². The average molecular weight is 647 g/mol.